The second kappa shape index (κ2) is 10.1. The summed E-state index contributed by atoms with van der Waals surface area (Å²) in [6.07, 6.45) is 2.67. The summed E-state index contributed by atoms with van der Waals surface area (Å²) in [7, 11) is 1.30. The molecular weight excluding hydrogens is 426 g/mol. The molecule has 1 fully saturated rings. The van der Waals surface area contributed by atoms with Crippen molar-refractivity contribution in [1.82, 2.24) is 0 Å². The molecule has 10 heteroatoms. The Morgan fingerprint density at radius 1 is 1.23 bits per heavy atom. The average Bonchev–Trinajstić information content (AvgIpc) is 2.78. The van der Waals surface area contributed by atoms with Crippen LogP contribution >= 0.6 is 11.6 Å². The van der Waals surface area contributed by atoms with E-state index in [2.05, 4.69) is 5.32 Å². The molecule has 1 amide bonds. The van der Waals surface area contributed by atoms with E-state index in [9.17, 15) is 19.7 Å². The molecule has 0 spiro atoms. The normalized spacial score (nSPS) is 13.8. The third-order valence-corrected chi connectivity index (χ3v) is 4.93. The smallest absolute Gasteiger partial charge is 0.340 e. The standard InChI is InChI=1S/C21H20ClN3O6/c1-30-21(27)16-13-15(4-6-18(16)24-8-10-31-11-9-24)23-20(26)7-3-14-2-5-17(22)19(12-14)25(28)29/h2-7,12-13H,8-11H2,1H3,(H,23,26)/b7-3+. The third-order valence-electron chi connectivity index (χ3n) is 4.62. The van der Waals surface area contributed by atoms with Gasteiger partial charge < -0.3 is 19.7 Å². The number of ether oxygens (including phenoxy) is 2. The maximum atomic E-state index is 12.3. The minimum Gasteiger partial charge on any atom is -0.465 e. The lowest BCUT2D eigenvalue weighted by Crippen LogP contribution is -2.37. The van der Waals surface area contributed by atoms with Gasteiger partial charge >= 0.3 is 5.97 Å². The van der Waals surface area contributed by atoms with Crippen molar-refractivity contribution in [3.05, 3.63) is 68.7 Å². The average molecular weight is 446 g/mol. The summed E-state index contributed by atoms with van der Waals surface area (Å²) in [6, 6.07) is 9.22. The molecule has 0 radical (unpaired) electrons. The number of rotatable bonds is 6. The van der Waals surface area contributed by atoms with Crippen LogP contribution in [0.2, 0.25) is 5.02 Å². The summed E-state index contributed by atoms with van der Waals surface area (Å²) < 4.78 is 10.2. The third kappa shape index (κ3) is 5.59. The Morgan fingerprint density at radius 2 is 1.97 bits per heavy atom. The molecule has 9 nitrogen and oxygen atoms in total. The number of esters is 1. The molecule has 2 aromatic carbocycles. The highest BCUT2D eigenvalue weighted by atomic mass is 35.5. The van der Waals surface area contributed by atoms with E-state index in [-0.39, 0.29) is 10.7 Å². The molecule has 31 heavy (non-hydrogen) atoms. The molecule has 0 atom stereocenters. The summed E-state index contributed by atoms with van der Waals surface area (Å²) in [5, 5.41) is 13.7. The minimum absolute atomic E-state index is 0.0160. The van der Waals surface area contributed by atoms with Crippen molar-refractivity contribution in [2.45, 2.75) is 0 Å². The van der Waals surface area contributed by atoms with Crippen LogP contribution in [0, 0.1) is 10.1 Å². The number of methoxy groups -OCH3 is 1. The SMILES string of the molecule is COC(=O)c1cc(NC(=O)/C=C/c2ccc(Cl)c([N+](=O)[O-])c2)ccc1N1CCOCC1. The summed E-state index contributed by atoms with van der Waals surface area (Å²) in [6.45, 7) is 2.41. The molecular formula is C21H20ClN3O6. The number of carbonyl (C=O) groups excluding carboxylic acids is 2. The van der Waals surface area contributed by atoms with E-state index < -0.39 is 16.8 Å². The second-order valence-corrected chi connectivity index (χ2v) is 7.02. The van der Waals surface area contributed by atoms with Gasteiger partial charge in [-0.3, -0.25) is 14.9 Å². The van der Waals surface area contributed by atoms with Crippen LogP contribution in [-0.2, 0) is 14.3 Å². The number of nitro benzene ring substituents is 1. The topological polar surface area (TPSA) is 111 Å². The number of halogens is 1. The Balaban J connectivity index is 1.76. The van der Waals surface area contributed by atoms with Crippen molar-refractivity contribution in [3.8, 4) is 0 Å². The largest absolute Gasteiger partial charge is 0.465 e. The fourth-order valence-electron chi connectivity index (χ4n) is 3.10. The van der Waals surface area contributed by atoms with Gasteiger partial charge in [0, 0.05) is 30.9 Å². The molecule has 0 aromatic heterocycles. The van der Waals surface area contributed by atoms with E-state index in [0.29, 0.717) is 48.8 Å². The Bertz CT molecular complexity index is 1030. The lowest BCUT2D eigenvalue weighted by atomic mass is 10.1. The molecule has 0 saturated carbocycles. The zero-order valence-electron chi connectivity index (χ0n) is 16.7. The Morgan fingerprint density at radius 3 is 2.65 bits per heavy atom. The zero-order valence-corrected chi connectivity index (χ0v) is 17.4. The van der Waals surface area contributed by atoms with Gasteiger partial charge in [0.15, 0.2) is 0 Å². The van der Waals surface area contributed by atoms with Crippen LogP contribution in [0.15, 0.2) is 42.5 Å². The van der Waals surface area contributed by atoms with Crippen molar-refractivity contribution in [2.75, 3.05) is 43.6 Å². The molecule has 2 aromatic rings. The first-order valence-corrected chi connectivity index (χ1v) is 9.75. The van der Waals surface area contributed by atoms with Crippen molar-refractivity contribution in [3.63, 3.8) is 0 Å². The monoisotopic (exact) mass is 445 g/mol. The van der Waals surface area contributed by atoms with Crippen LogP contribution in [0.1, 0.15) is 15.9 Å². The maximum Gasteiger partial charge on any atom is 0.340 e. The van der Waals surface area contributed by atoms with Gasteiger partial charge in [0.2, 0.25) is 5.91 Å². The van der Waals surface area contributed by atoms with Crippen LogP contribution < -0.4 is 10.2 Å². The van der Waals surface area contributed by atoms with Crippen LogP contribution in [0.25, 0.3) is 6.08 Å². The van der Waals surface area contributed by atoms with Crippen LogP contribution in [-0.4, -0.2) is 50.2 Å². The first-order chi connectivity index (χ1) is 14.9. The van der Waals surface area contributed by atoms with Crippen molar-refractivity contribution < 1.29 is 24.0 Å². The fraction of sp³-hybridized carbons (Fsp3) is 0.238. The van der Waals surface area contributed by atoms with E-state index >= 15 is 0 Å². The Labute approximate surface area is 183 Å². The molecule has 0 bridgehead atoms. The highest BCUT2D eigenvalue weighted by molar-refractivity contribution is 6.32. The van der Waals surface area contributed by atoms with E-state index in [1.54, 1.807) is 24.3 Å². The molecule has 1 heterocycles. The van der Waals surface area contributed by atoms with Crippen LogP contribution in [0.5, 0.6) is 0 Å². The second-order valence-electron chi connectivity index (χ2n) is 6.61. The van der Waals surface area contributed by atoms with Gasteiger partial charge in [-0.05, 0) is 35.9 Å². The number of morpholine rings is 1. The van der Waals surface area contributed by atoms with Gasteiger partial charge in [0.25, 0.3) is 5.69 Å². The number of benzene rings is 2. The van der Waals surface area contributed by atoms with Gasteiger partial charge in [-0.25, -0.2) is 4.79 Å². The first kappa shape index (κ1) is 22.3. The molecule has 1 saturated heterocycles. The highest BCUT2D eigenvalue weighted by Crippen LogP contribution is 2.27. The quantitative estimate of drug-likeness (QED) is 0.313. The van der Waals surface area contributed by atoms with E-state index in [4.69, 9.17) is 21.1 Å². The van der Waals surface area contributed by atoms with E-state index in [0.717, 1.165) is 0 Å². The Hall–Kier alpha value is -3.43. The molecule has 0 unspecified atom stereocenters. The first-order valence-electron chi connectivity index (χ1n) is 9.37. The maximum absolute atomic E-state index is 12.3. The predicted octanol–water partition coefficient (Wildman–Crippen LogP) is 3.52. The number of nitrogens with zero attached hydrogens (tertiary/aromatic N) is 2. The summed E-state index contributed by atoms with van der Waals surface area (Å²) in [5.41, 5.74) is 1.65. The molecule has 3 rings (SSSR count). The van der Waals surface area contributed by atoms with Gasteiger partial charge in [-0.2, -0.15) is 0 Å². The van der Waals surface area contributed by atoms with Crippen molar-refractivity contribution >= 4 is 46.6 Å². The summed E-state index contributed by atoms with van der Waals surface area (Å²) in [5.74, 6) is -0.978. The lowest BCUT2D eigenvalue weighted by molar-refractivity contribution is -0.384. The number of nitro groups is 1. The number of hydrogen-bond acceptors (Lipinski definition) is 7. The van der Waals surface area contributed by atoms with Gasteiger partial charge in [-0.15, -0.1) is 0 Å². The predicted molar refractivity (Wildman–Crippen MR) is 117 cm³/mol. The number of nitrogens with one attached hydrogen (secondary N) is 1. The van der Waals surface area contributed by atoms with Gasteiger partial charge in [0.05, 0.1) is 36.5 Å². The summed E-state index contributed by atoms with van der Waals surface area (Å²) in [4.78, 5) is 37.0. The molecule has 1 aliphatic heterocycles. The molecule has 1 aliphatic rings. The van der Waals surface area contributed by atoms with E-state index in [1.807, 2.05) is 4.90 Å². The molecule has 162 valence electrons. The lowest BCUT2D eigenvalue weighted by Gasteiger charge is -2.30. The van der Waals surface area contributed by atoms with Crippen LogP contribution in [0.3, 0.4) is 0 Å². The van der Waals surface area contributed by atoms with Crippen molar-refractivity contribution in [1.29, 1.82) is 0 Å². The summed E-state index contributed by atoms with van der Waals surface area (Å²) >= 11 is 5.79. The number of hydrogen-bond donors (Lipinski definition) is 1. The molecule has 1 N–H and O–H groups in total. The highest BCUT2D eigenvalue weighted by Gasteiger charge is 2.20. The fourth-order valence-corrected chi connectivity index (χ4v) is 3.28. The zero-order chi connectivity index (χ0) is 22.4. The van der Waals surface area contributed by atoms with Crippen molar-refractivity contribution in [2.24, 2.45) is 0 Å². The van der Waals surface area contributed by atoms with Gasteiger partial charge in [0.1, 0.15) is 5.02 Å². The van der Waals surface area contributed by atoms with Crippen LogP contribution in [0.4, 0.5) is 17.1 Å². The number of carbonyl (C=O) groups is 2. The van der Waals surface area contributed by atoms with Gasteiger partial charge in [-0.1, -0.05) is 17.7 Å². The number of anilines is 2. The Kier molecular flexibility index (Phi) is 7.22. The number of amides is 1. The minimum atomic E-state index is -0.593. The van der Waals surface area contributed by atoms with E-state index in [1.165, 1.54) is 31.4 Å². The molecule has 0 aliphatic carbocycles.